The number of hydrogen-bond donors (Lipinski definition) is 0. The maximum Gasteiger partial charge on any atom is 0.0250 e. The number of hydrogen-bond acceptors (Lipinski definition) is 0. The molecule has 0 nitrogen and oxygen atoms in total. The molecule has 0 saturated carbocycles. The lowest BCUT2D eigenvalue weighted by Crippen LogP contribution is -2.24. The summed E-state index contributed by atoms with van der Waals surface area (Å²) < 4.78 is 1.20. The molecule has 0 saturated heterocycles. The van der Waals surface area contributed by atoms with Gasteiger partial charge in [-0.2, -0.15) is 0 Å². The van der Waals surface area contributed by atoms with Crippen LogP contribution in [0, 0.1) is 5.41 Å². The zero-order valence-electron chi connectivity index (χ0n) is 15.0. The Bertz CT molecular complexity index is 910. The van der Waals surface area contributed by atoms with Crippen molar-refractivity contribution < 1.29 is 0 Å². The van der Waals surface area contributed by atoms with E-state index in [-0.39, 0.29) is 5.41 Å². The molecule has 0 bridgehead atoms. The van der Waals surface area contributed by atoms with Gasteiger partial charge in [-0.3, -0.25) is 0 Å². The Kier molecular flexibility index (Phi) is 4.08. The van der Waals surface area contributed by atoms with E-state index in [9.17, 15) is 0 Å². The van der Waals surface area contributed by atoms with Crippen LogP contribution < -0.4 is 0 Å². The molecule has 126 valence electrons. The molecule has 1 atom stereocenters. The van der Waals surface area contributed by atoms with E-state index in [0.717, 1.165) is 6.42 Å². The highest BCUT2D eigenvalue weighted by molar-refractivity contribution is 9.10. The molecule has 0 aliphatic heterocycles. The van der Waals surface area contributed by atoms with Gasteiger partial charge in [-0.15, -0.1) is 0 Å². The van der Waals surface area contributed by atoms with Crippen LogP contribution in [0.3, 0.4) is 0 Å². The minimum Gasteiger partial charge on any atom is -0.0726 e. The van der Waals surface area contributed by atoms with Crippen molar-refractivity contribution >= 4 is 27.6 Å². The molecule has 0 N–H and O–H groups in total. The molecule has 1 heteroatoms. The normalized spacial score (nSPS) is 19.4. The summed E-state index contributed by atoms with van der Waals surface area (Å²) in [6.07, 6.45) is 8.19. The van der Waals surface area contributed by atoms with Crippen LogP contribution in [0.2, 0.25) is 0 Å². The molecule has 2 aliphatic rings. The van der Waals surface area contributed by atoms with Gasteiger partial charge in [-0.1, -0.05) is 102 Å². The van der Waals surface area contributed by atoms with E-state index in [1.54, 1.807) is 0 Å². The van der Waals surface area contributed by atoms with Crippen molar-refractivity contribution in [3.05, 3.63) is 93.0 Å². The highest BCUT2D eigenvalue weighted by Gasteiger charge is 2.39. The van der Waals surface area contributed by atoms with Crippen LogP contribution in [-0.4, -0.2) is 0 Å². The van der Waals surface area contributed by atoms with Gasteiger partial charge in [0.25, 0.3) is 0 Å². The maximum absolute atomic E-state index is 3.72. The molecule has 0 radical (unpaired) electrons. The van der Waals surface area contributed by atoms with E-state index < -0.39 is 0 Å². The fourth-order valence-electron chi connectivity index (χ4n) is 4.46. The van der Waals surface area contributed by atoms with Gasteiger partial charge >= 0.3 is 0 Å². The summed E-state index contributed by atoms with van der Waals surface area (Å²) >= 11 is 3.72. The number of allylic oxidation sites excluding steroid dienone is 5. The molecule has 0 aromatic heterocycles. The van der Waals surface area contributed by atoms with Crippen LogP contribution in [0.5, 0.6) is 0 Å². The molecule has 0 heterocycles. The van der Waals surface area contributed by atoms with Crippen molar-refractivity contribution in [1.29, 1.82) is 0 Å². The van der Waals surface area contributed by atoms with Gasteiger partial charge in [-0.25, -0.2) is 0 Å². The van der Waals surface area contributed by atoms with Crippen LogP contribution in [0.1, 0.15) is 49.8 Å². The van der Waals surface area contributed by atoms with Gasteiger partial charge in [0.1, 0.15) is 0 Å². The Morgan fingerprint density at radius 3 is 2.48 bits per heavy atom. The molecule has 4 rings (SSSR count). The third-order valence-electron chi connectivity index (χ3n) is 5.75. The van der Waals surface area contributed by atoms with Crippen LogP contribution in [0.15, 0.2) is 76.3 Å². The van der Waals surface area contributed by atoms with Crippen molar-refractivity contribution in [2.24, 2.45) is 5.41 Å². The zero-order valence-corrected chi connectivity index (χ0v) is 16.6. The largest absolute Gasteiger partial charge is 0.0726 e. The average molecular weight is 391 g/mol. The maximum atomic E-state index is 3.72. The molecular weight excluding hydrogens is 368 g/mol. The Morgan fingerprint density at radius 1 is 0.960 bits per heavy atom. The van der Waals surface area contributed by atoms with E-state index >= 15 is 0 Å². The van der Waals surface area contributed by atoms with E-state index in [4.69, 9.17) is 0 Å². The third kappa shape index (κ3) is 2.75. The van der Waals surface area contributed by atoms with E-state index in [1.165, 1.54) is 37.9 Å². The summed E-state index contributed by atoms with van der Waals surface area (Å²) in [5, 5.41) is 0. The highest BCUT2D eigenvalue weighted by atomic mass is 79.9. The SMILES string of the molecule is CC1=Cc2c(Br)cccc2C1C(C)(C)C1=CC(c2ccccc2)=CC1. The smallest absolute Gasteiger partial charge is 0.0250 e. The first-order valence-corrected chi connectivity index (χ1v) is 9.71. The number of fused-ring (bicyclic) bond motifs is 1. The minimum absolute atomic E-state index is 0.0969. The van der Waals surface area contributed by atoms with Gasteiger partial charge in [0.05, 0.1) is 0 Å². The fourth-order valence-corrected chi connectivity index (χ4v) is 4.96. The summed E-state index contributed by atoms with van der Waals surface area (Å²) in [6.45, 7) is 7.08. The summed E-state index contributed by atoms with van der Waals surface area (Å²) in [5.41, 5.74) is 8.56. The summed E-state index contributed by atoms with van der Waals surface area (Å²) in [5.74, 6) is 0.440. The van der Waals surface area contributed by atoms with Gasteiger partial charge < -0.3 is 0 Å². The van der Waals surface area contributed by atoms with E-state index in [0.29, 0.717) is 5.92 Å². The van der Waals surface area contributed by atoms with Crippen LogP contribution >= 0.6 is 15.9 Å². The molecule has 25 heavy (non-hydrogen) atoms. The summed E-state index contributed by atoms with van der Waals surface area (Å²) in [7, 11) is 0. The second-order valence-electron chi connectivity index (χ2n) is 7.68. The predicted octanol–water partition coefficient (Wildman–Crippen LogP) is 7.39. The monoisotopic (exact) mass is 390 g/mol. The molecule has 0 spiro atoms. The first-order chi connectivity index (χ1) is 12.0. The van der Waals surface area contributed by atoms with Crippen molar-refractivity contribution in [2.45, 2.75) is 33.1 Å². The topological polar surface area (TPSA) is 0 Å². The van der Waals surface area contributed by atoms with E-state index in [1.807, 2.05) is 0 Å². The fraction of sp³-hybridized carbons (Fsp3) is 0.250. The van der Waals surface area contributed by atoms with Crippen LogP contribution in [0.4, 0.5) is 0 Å². The molecule has 2 aliphatic carbocycles. The zero-order chi connectivity index (χ0) is 17.6. The molecule has 2 aromatic rings. The van der Waals surface area contributed by atoms with Gasteiger partial charge in [0.2, 0.25) is 0 Å². The van der Waals surface area contributed by atoms with Gasteiger partial charge in [0.15, 0.2) is 0 Å². The second-order valence-corrected chi connectivity index (χ2v) is 8.54. The lowest BCUT2D eigenvalue weighted by atomic mass is 9.68. The average Bonchev–Trinajstić information content (AvgIpc) is 3.21. The van der Waals surface area contributed by atoms with E-state index in [2.05, 4.69) is 103 Å². The van der Waals surface area contributed by atoms with Crippen molar-refractivity contribution in [2.75, 3.05) is 0 Å². The standard InChI is InChI=1S/C24H23Br/c1-16-14-21-20(10-7-11-22(21)25)23(16)24(2,3)19-13-12-18(15-19)17-8-5-4-6-9-17/h4-12,14-15,23H,13H2,1-3H3. The van der Waals surface area contributed by atoms with Crippen molar-refractivity contribution in [3.63, 3.8) is 0 Å². The Labute approximate surface area is 159 Å². The molecule has 0 amide bonds. The van der Waals surface area contributed by atoms with Gasteiger partial charge in [0, 0.05) is 10.4 Å². The van der Waals surface area contributed by atoms with Crippen molar-refractivity contribution in [3.8, 4) is 0 Å². The van der Waals surface area contributed by atoms with Crippen LogP contribution in [0.25, 0.3) is 11.6 Å². The molecular formula is C24H23Br. The number of benzene rings is 2. The molecule has 2 aromatic carbocycles. The minimum atomic E-state index is 0.0969. The summed E-state index contributed by atoms with van der Waals surface area (Å²) in [6, 6.07) is 17.3. The Morgan fingerprint density at radius 2 is 1.72 bits per heavy atom. The lowest BCUT2D eigenvalue weighted by Gasteiger charge is -2.35. The van der Waals surface area contributed by atoms with Crippen LogP contribution in [-0.2, 0) is 0 Å². The third-order valence-corrected chi connectivity index (χ3v) is 6.44. The predicted molar refractivity (Wildman–Crippen MR) is 111 cm³/mol. The number of rotatable bonds is 3. The lowest BCUT2D eigenvalue weighted by molar-refractivity contribution is 0.383. The molecule has 1 unspecified atom stereocenters. The quantitative estimate of drug-likeness (QED) is 0.512. The first kappa shape index (κ1) is 16.6. The second kappa shape index (κ2) is 6.14. The number of halogens is 1. The first-order valence-electron chi connectivity index (χ1n) is 8.91. The van der Waals surface area contributed by atoms with Crippen molar-refractivity contribution in [1.82, 2.24) is 0 Å². The van der Waals surface area contributed by atoms with Gasteiger partial charge in [-0.05, 0) is 47.1 Å². The Balaban J connectivity index is 1.71. The summed E-state index contributed by atoms with van der Waals surface area (Å²) in [4.78, 5) is 0. The molecule has 0 fully saturated rings. The Hall–Kier alpha value is -1.86. The highest BCUT2D eigenvalue weighted by Crippen LogP contribution is 2.54.